The highest BCUT2D eigenvalue weighted by atomic mass is 16.5. The van der Waals surface area contributed by atoms with Gasteiger partial charge in [-0.05, 0) is 25.8 Å². The van der Waals surface area contributed by atoms with Gasteiger partial charge >= 0.3 is 0 Å². The second kappa shape index (κ2) is 6.62. The van der Waals surface area contributed by atoms with E-state index in [1.807, 2.05) is 0 Å². The average molecular weight is 159 g/mol. The molecule has 0 amide bonds. The number of hydrogen-bond donors (Lipinski definition) is 1. The van der Waals surface area contributed by atoms with Crippen molar-refractivity contribution < 1.29 is 4.74 Å². The molecule has 0 spiro atoms. The van der Waals surface area contributed by atoms with Crippen molar-refractivity contribution in [1.82, 2.24) is 5.32 Å². The Morgan fingerprint density at radius 1 is 1.36 bits per heavy atom. The summed E-state index contributed by atoms with van der Waals surface area (Å²) >= 11 is 0. The monoisotopic (exact) mass is 159 g/mol. The minimum atomic E-state index is 0.616. The minimum Gasteiger partial charge on any atom is -0.384 e. The van der Waals surface area contributed by atoms with Gasteiger partial charge in [-0.3, -0.25) is 0 Å². The van der Waals surface area contributed by atoms with Gasteiger partial charge in [0.15, 0.2) is 0 Å². The molecule has 2 heteroatoms. The molecular formula is C9H21NO. The van der Waals surface area contributed by atoms with Crippen LogP contribution in [0.1, 0.15) is 27.2 Å². The van der Waals surface area contributed by atoms with E-state index in [4.69, 9.17) is 4.74 Å². The Balaban J connectivity index is 3.32. The Morgan fingerprint density at radius 2 is 2.00 bits per heavy atom. The predicted octanol–water partition coefficient (Wildman–Crippen LogP) is 1.66. The Labute approximate surface area is 70.3 Å². The maximum absolute atomic E-state index is 5.05. The van der Waals surface area contributed by atoms with Crippen molar-refractivity contribution in [3.63, 3.8) is 0 Å². The van der Waals surface area contributed by atoms with Gasteiger partial charge in [-0.25, -0.2) is 0 Å². The number of nitrogens with one attached hydrogen (secondary N) is 1. The largest absolute Gasteiger partial charge is 0.384 e. The lowest BCUT2D eigenvalue weighted by molar-refractivity contribution is 0.150. The lowest BCUT2D eigenvalue weighted by atomic mass is 10.0. The van der Waals surface area contributed by atoms with E-state index in [-0.39, 0.29) is 0 Å². The third kappa shape index (κ3) is 6.32. The SMILES string of the molecule is CCNC(C)CC(C)COC. The summed E-state index contributed by atoms with van der Waals surface area (Å²) in [5, 5.41) is 3.38. The molecule has 11 heavy (non-hydrogen) atoms. The molecule has 0 aliphatic rings. The number of methoxy groups -OCH3 is 1. The summed E-state index contributed by atoms with van der Waals surface area (Å²) < 4.78 is 5.05. The zero-order chi connectivity index (χ0) is 8.69. The fourth-order valence-electron chi connectivity index (χ4n) is 1.39. The van der Waals surface area contributed by atoms with Gasteiger partial charge in [-0.2, -0.15) is 0 Å². The van der Waals surface area contributed by atoms with Gasteiger partial charge < -0.3 is 10.1 Å². The summed E-state index contributed by atoms with van der Waals surface area (Å²) in [5.74, 6) is 0.661. The quantitative estimate of drug-likeness (QED) is 0.636. The molecule has 0 saturated carbocycles. The smallest absolute Gasteiger partial charge is 0.0488 e. The van der Waals surface area contributed by atoms with Crippen LogP contribution in [0.5, 0.6) is 0 Å². The van der Waals surface area contributed by atoms with Gasteiger partial charge in [0.1, 0.15) is 0 Å². The third-order valence-corrected chi connectivity index (χ3v) is 1.76. The van der Waals surface area contributed by atoms with E-state index in [9.17, 15) is 0 Å². The zero-order valence-electron chi connectivity index (χ0n) is 8.18. The molecule has 0 fully saturated rings. The third-order valence-electron chi connectivity index (χ3n) is 1.76. The summed E-state index contributed by atoms with van der Waals surface area (Å²) in [6.45, 7) is 8.50. The van der Waals surface area contributed by atoms with E-state index in [0.717, 1.165) is 13.2 Å². The van der Waals surface area contributed by atoms with Crippen molar-refractivity contribution in [2.24, 2.45) is 5.92 Å². The van der Waals surface area contributed by atoms with Gasteiger partial charge in [0.2, 0.25) is 0 Å². The number of rotatable bonds is 6. The summed E-state index contributed by atoms with van der Waals surface area (Å²) in [4.78, 5) is 0. The summed E-state index contributed by atoms with van der Waals surface area (Å²) in [5.41, 5.74) is 0. The van der Waals surface area contributed by atoms with Crippen molar-refractivity contribution >= 4 is 0 Å². The molecule has 0 aromatic rings. The van der Waals surface area contributed by atoms with Gasteiger partial charge in [0.05, 0.1) is 0 Å². The molecule has 0 aromatic heterocycles. The molecule has 0 rings (SSSR count). The lowest BCUT2D eigenvalue weighted by Gasteiger charge is -2.16. The van der Waals surface area contributed by atoms with E-state index in [1.165, 1.54) is 6.42 Å². The molecule has 0 aromatic carbocycles. The normalized spacial score (nSPS) is 16.4. The van der Waals surface area contributed by atoms with Crippen LogP contribution in [-0.2, 0) is 4.74 Å². The Bertz CT molecular complexity index is 75.6. The van der Waals surface area contributed by atoms with E-state index < -0.39 is 0 Å². The summed E-state index contributed by atoms with van der Waals surface area (Å²) in [7, 11) is 1.76. The molecule has 0 heterocycles. The van der Waals surface area contributed by atoms with Crippen LogP contribution in [0, 0.1) is 5.92 Å². The standard InChI is InChI=1S/C9H21NO/c1-5-10-9(3)6-8(2)7-11-4/h8-10H,5-7H2,1-4H3. The van der Waals surface area contributed by atoms with Crippen LogP contribution in [0.15, 0.2) is 0 Å². The molecule has 0 bridgehead atoms. The maximum Gasteiger partial charge on any atom is 0.0488 e. The molecule has 1 N–H and O–H groups in total. The number of hydrogen-bond acceptors (Lipinski definition) is 2. The first kappa shape index (κ1) is 10.9. The Morgan fingerprint density at radius 3 is 2.45 bits per heavy atom. The van der Waals surface area contributed by atoms with Gasteiger partial charge in [-0.1, -0.05) is 13.8 Å². The highest BCUT2D eigenvalue weighted by Crippen LogP contribution is 2.05. The molecular weight excluding hydrogens is 138 g/mol. The molecule has 0 aliphatic carbocycles. The van der Waals surface area contributed by atoms with E-state index >= 15 is 0 Å². The van der Waals surface area contributed by atoms with E-state index in [1.54, 1.807) is 7.11 Å². The average Bonchev–Trinajstić information content (AvgIpc) is 1.87. The first-order valence-corrected chi connectivity index (χ1v) is 4.43. The van der Waals surface area contributed by atoms with Crippen molar-refractivity contribution in [1.29, 1.82) is 0 Å². The maximum atomic E-state index is 5.05. The van der Waals surface area contributed by atoms with Crippen LogP contribution in [0.4, 0.5) is 0 Å². The molecule has 2 nitrogen and oxygen atoms in total. The minimum absolute atomic E-state index is 0.616. The second-order valence-electron chi connectivity index (χ2n) is 3.25. The highest BCUT2D eigenvalue weighted by Gasteiger charge is 2.06. The van der Waals surface area contributed by atoms with Gasteiger partial charge in [0, 0.05) is 19.8 Å². The van der Waals surface area contributed by atoms with E-state index in [2.05, 4.69) is 26.1 Å². The van der Waals surface area contributed by atoms with E-state index in [0.29, 0.717) is 12.0 Å². The molecule has 0 saturated heterocycles. The van der Waals surface area contributed by atoms with Crippen LogP contribution in [0.2, 0.25) is 0 Å². The van der Waals surface area contributed by atoms with Crippen LogP contribution in [0.25, 0.3) is 0 Å². The molecule has 0 radical (unpaired) electrons. The van der Waals surface area contributed by atoms with Crippen molar-refractivity contribution in [2.45, 2.75) is 33.2 Å². The van der Waals surface area contributed by atoms with Crippen LogP contribution in [-0.4, -0.2) is 26.3 Å². The topological polar surface area (TPSA) is 21.3 Å². The van der Waals surface area contributed by atoms with Crippen molar-refractivity contribution in [2.75, 3.05) is 20.3 Å². The van der Waals surface area contributed by atoms with Crippen LogP contribution >= 0.6 is 0 Å². The Kier molecular flexibility index (Phi) is 6.57. The summed E-state index contributed by atoms with van der Waals surface area (Å²) in [6.07, 6.45) is 1.20. The van der Waals surface area contributed by atoms with Gasteiger partial charge in [0.25, 0.3) is 0 Å². The first-order chi connectivity index (χ1) is 5.20. The lowest BCUT2D eigenvalue weighted by Crippen LogP contribution is -2.28. The second-order valence-corrected chi connectivity index (χ2v) is 3.25. The van der Waals surface area contributed by atoms with Crippen molar-refractivity contribution in [3.8, 4) is 0 Å². The highest BCUT2D eigenvalue weighted by molar-refractivity contribution is 4.63. The molecule has 68 valence electrons. The van der Waals surface area contributed by atoms with Crippen LogP contribution in [0.3, 0.4) is 0 Å². The Hall–Kier alpha value is -0.0800. The van der Waals surface area contributed by atoms with Crippen LogP contribution < -0.4 is 5.32 Å². The van der Waals surface area contributed by atoms with Gasteiger partial charge in [-0.15, -0.1) is 0 Å². The fraction of sp³-hybridized carbons (Fsp3) is 1.00. The predicted molar refractivity (Wildman–Crippen MR) is 48.8 cm³/mol. The zero-order valence-corrected chi connectivity index (χ0v) is 8.18. The van der Waals surface area contributed by atoms with Crippen molar-refractivity contribution in [3.05, 3.63) is 0 Å². The molecule has 2 atom stereocenters. The molecule has 2 unspecified atom stereocenters. The fourth-order valence-corrected chi connectivity index (χ4v) is 1.39. The summed E-state index contributed by atoms with van der Waals surface area (Å²) in [6, 6.07) is 0.616. The first-order valence-electron chi connectivity index (χ1n) is 4.43. The molecule has 0 aliphatic heterocycles. The number of ether oxygens (including phenoxy) is 1.